The Morgan fingerprint density at radius 1 is 0.586 bits per heavy atom. The van der Waals surface area contributed by atoms with Crippen molar-refractivity contribution in [1.29, 1.82) is 5.26 Å². The van der Waals surface area contributed by atoms with E-state index in [9.17, 15) is 9.65 Å². The number of rotatable bonds is 11. The van der Waals surface area contributed by atoms with Crippen LogP contribution in [0.5, 0.6) is 0 Å². The predicted octanol–water partition coefficient (Wildman–Crippen LogP) is 12.4. The zero-order valence-corrected chi connectivity index (χ0v) is 37.9. The largest absolute Gasteiger partial charge is 0.378 e. The van der Waals surface area contributed by atoms with E-state index in [2.05, 4.69) is 43.7 Å². The lowest BCUT2D eigenvalue weighted by molar-refractivity contribution is 0.122. The van der Waals surface area contributed by atoms with Crippen molar-refractivity contribution in [2.75, 3.05) is 41.8 Å². The van der Waals surface area contributed by atoms with Gasteiger partial charge in [0.05, 0.1) is 47.3 Å². The fourth-order valence-electron chi connectivity index (χ4n) is 9.02. The number of halogens is 2. The Balaban J connectivity index is 0.987. The number of nitrogens with zero attached hydrogens (tertiary/aromatic N) is 8. The molecule has 0 radical (unpaired) electrons. The van der Waals surface area contributed by atoms with Gasteiger partial charge in [0.15, 0.2) is 0 Å². The maximum atomic E-state index is 16.4. The van der Waals surface area contributed by atoms with Gasteiger partial charge < -0.3 is 20.3 Å². The minimum Gasteiger partial charge on any atom is -0.378 e. The second-order valence-corrected chi connectivity index (χ2v) is 17.0. The van der Waals surface area contributed by atoms with Crippen LogP contribution in [-0.2, 0) is 11.2 Å². The molecule has 0 atom stereocenters. The van der Waals surface area contributed by atoms with E-state index in [1.807, 2.05) is 84.9 Å². The molecule has 11 nitrogen and oxygen atoms in total. The number of ether oxygens (including phenoxy) is 1. The summed E-state index contributed by atoms with van der Waals surface area (Å²) in [6, 6.07) is 45.4. The second kappa shape index (κ2) is 19.0. The summed E-state index contributed by atoms with van der Waals surface area (Å²) in [5.41, 5.74) is 12.6. The summed E-state index contributed by atoms with van der Waals surface area (Å²) in [6.07, 6.45) is 6.68. The van der Waals surface area contributed by atoms with Gasteiger partial charge >= 0.3 is 0 Å². The fourth-order valence-corrected chi connectivity index (χ4v) is 9.02. The number of benzene rings is 6. The van der Waals surface area contributed by atoms with Gasteiger partial charge in [0, 0.05) is 82.0 Å². The van der Waals surface area contributed by atoms with Gasteiger partial charge in [-0.25, -0.2) is 28.7 Å². The monoisotopic (exact) mass is 920 g/mol. The zero-order chi connectivity index (χ0) is 47.6. The molecule has 11 rings (SSSR count). The second-order valence-electron chi connectivity index (χ2n) is 17.0. The molecule has 1 saturated heterocycles. The summed E-state index contributed by atoms with van der Waals surface area (Å²) in [5.74, 6) is 0.517. The van der Waals surface area contributed by atoms with E-state index in [0.29, 0.717) is 58.4 Å². The molecule has 0 amide bonds. The van der Waals surface area contributed by atoms with Crippen molar-refractivity contribution >= 4 is 50.5 Å². The Bertz CT molecular complexity index is 3630. The van der Waals surface area contributed by atoms with E-state index in [0.717, 1.165) is 85.4 Å². The number of hydrogen-bond donors (Lipinski definition) is 2. The third-order valence-electron chi connectivity index (χ3n) is 12.6. The number of nitriles is 1. The molecule has 340 valence electrons. The first-order valence-corrected chi connectivity index (χ1v) is 22.8. The first-order chi connectivity index (χ1) is 34.3. The molecule has 1 aliphatic rings. The summed E-state index contributed by atoms with van der Waals surface area (Å²) < 4.78 is 36.5. The number of anilines is 5. The van der Waals surface area contributed by atoms with Gasteiger partial charge in [0.2, 0.25) is 0 Å². The number of morpholine rings is 1. The SMILES string of the molecule is Cc1cc(-c2ncccc2-c2cc(Cc3cc(-c4ncccc4-c4ccc5ncnc(Nc6ccc(C#N)cc6)c5c4)ccc3F)c3ncnc(Nc4ccc(N5CCOCC5)cc4)c3c2)ccc1F. The maximum absolute atomic E-state index is 16.4. The van der Waals surface area contributed by atoms with Gasteiger partial charge in [-0.3, -0.25) is 9.97 Å². The number of aryl methyl sites for hydroxylation is 1. The molecule has 10 aromatic rings. The van der Waals surface area contributed by atoms with Crippen LogP contribution in [0.4, 0.5) is 37.5 Å². The van der Waals surface area contributed by atoms with Crippen LogP contribution in [0.1, 0.15) is 22.3 Å². The highest BCUT2D eigenvalue weighted by Crippen LogP contribution is 2.39. The van der Waals surface area contributed by atoms with Crippen LogP contribution in [0.15, 0.2) is 165 Å². The van der Waals surface area contributed by atoms with Gasteiger partial charge in [-0.15, -0.1) is 0 Å². The Kier molecular flexibility index (Phi) is 11.8. The average molecular weight is 921 g/mol. The van der Waals surface area contributed by atoms with Crippen LogP contribution < -0.4 is 15.5 Å². The van der Waals surface area contributed by atoms with Gasteiger partial charge in [-0.1, -0.05) is 18.2 Å². The molecule has 0 spiro atoms. The van der Waals surface area contributed by atoms with Crippen LogP contribution >= 0.6 is 0 Å². The van der Waals surface area contributed by atoms with Gasteiger partial charge in [0.25, 0.3) is 0 Å². The number of aromatic nitrogens is 6. The first kappa shape index (κ1) is 43.6. The molecular weight excluding hydrogens is 879 g/mol. The molecule has 13 heteroatoms. The highest BCUT2D eigenvalue weighted by molar-refractivity contribution is 5.98. The molecular formula is C57H42F2N10O. The lowest BCUT2D eigenvalue weighted by atomic mass is 9.92. The molecule has 5 heterocycles. The van der Waals surface area contributed by atoms with Crippen LogP contribution in [0, 0.1) is 29.9 Å². The molecule has 0 unspecified atom stereocenters. The summed E-state index contributed by atoms with van der Waals surface area (Å²) in [4.78, 5) is 30.6. The Labute approximate surface area is 402 Å². The van der Waals surface area contributed by atoms with E-state index < -0.39 is 0 Å². The summed E-state index contributed by atoms with van der Waals surface area (Å²) in [6.45, 7) is 4.78. The molecule has 70 heavy (non-hydrogen) atoms. The lowest BCUT2D eigenvalue weighted by Crippen LogP contribution is -2.36. The van der Waals surface area contributed by atoms with Gasteiger partial charge in [0.1, 0.15) is 35.9 Å². The van der Waals surface area contributed by atoms with Crippen molar-refractivity contribution in [2.24, 2.45) is 0 Å². The van der Waals surface area contributed by atoms with Gasteiger partial charge in [-0.05, 0) is 156 Å². The number of hydrogen-bond acceptors (Lipinski definition) is 11. The van der Waals surface area contributed by atoms with Crippen molar-refractivity contribution in [3.8, 4) is 50.8 Å². The third kappa shape index (κ3) is 8.82. The maximum Gasteiger partial charge on any atom is 0.141 e. The van der Waals surface area contributed by atoms with Crippen molar-refractivity contribution < 1.29 is 13.5 Å². The van der Waals surface area contributed by atoms with E-state index >= 15 is 4.39 Å². The summed E-state index contributed by atoms with van der Waals surface area (Å²) >= 11 is 0. The molecule has 4 aromatic heterocycles. The third-order valence-corrected chi connectivity index (χ3v) is 12.6. The molecule has 1 fully saturated rings. The highest BCUT2D eigenvalue weighted by Gasteiger charge is 2.20. The number of fused-ring (bicyclic) bond motifs is 2. The average Bonchev–Trinajstić information content (AvgIpc) is 3.41. The quantitative estimate of drug-likeness (QED) is 0.128. The summed E-state index contributed by atoms with van der Waals surface area (Å²) in [5, 5.41) is 17.7. The minimum atomic E-state index is -0.377. The van der Waals surface area contributed by atoms with E-state index in [1.165, 1.54) is 24.8 Å². The van der Waals surface area contributed by atoms with Crippen LogP contribution in [0.3, 0.4) is 0 Å². The Hall–Kier alpha value is -8.99. The fraction of sp³-hybridized carbons (Fsp3) is 0.105. The summed E-state index contributed by atoms with van der Waals surface area (Å²) in [7, 11) is 0. The topological polar surface area (TPSA) is 138 Å². The van der Waals surface area contributed by atoms with E-state index in [1.54, 1.807) is 49.6 Å². The number of pyridine rings is 2. The highest BCUT2D eigenvalue weighted by atomic mass is 19.1. The van der Waals surface area contributed by atoms with Crippen molar-refractivity contribution in [3.63, 3.8) is 0 Å². The van der Waals surface area contributed by atoms with Crippen LogP contribution in [0.2, 0.25) is 0 Å². The minimum absolute atomic E-state index is 0.180. The van der Waals surface area contributed by atoms with Crippen LogP contribution in [0.25, 0.3) is 66.6 Å². The number of nitrogens with one attached hydrogen (secondary N) is 2. The molecule has 2 N–H and O–H groups in total. The Morgan fingerprint density at radius 3 is 1.89 bits per heavy atom. The van der Waals surface area contributed by atoms with Gasteiger partial charge in [-0.2, -0.15) is 5.26 Å². The van der Waals surface area contributed by atoms with Crippen LogP contribution in [-0.4, -0.2) is 56.2 Å². The normalized spacial score (nSPS) is 12.5. The zero-order valence-electron chi connectivity index (χ0n) is 37.9. The smallest absolute Gasteiger partial charge is 0.141 e. The predicted molar refractivity (Wildman–Crippen MR) is 271 cm³/mol. The lowest BCUT2D eigenvalue weighted by Gasteiger charge is -2.28. The molecule has 0 bridgehead atoms. The van der Waals surface area contributed by atoms with Crippen molar-refractivity contribution in [2.45, 2.75) is 13.3 Å². The Morgan fingerprint density at radius 2 is 1.19 bits per heavy atom. The van der Waals surface area contributed by atoms with Crippen molar-refractivity contribution in [1.82, 2.24) is 29.9 Å². The van der Waals surface area contributed by atoms with E-state index in [4.69, 9.17) is 24.7 Å². The molecule has 0 saturated carbocycles. The van der Waals surface area contributed by atoms with Crippen molar-refractivity contribution in [3.05, 3.63) is 198 Å². The molecule has 1 aliphatic heterocycles. The standard InChI is InChI=1S/C57H42F2N10O/c1-35-26-38(8-17-50(35)58)53-47(5-3-21-61-53)40-28-42(55-49(31-40)57(66-34-64-55)68-44-13-15-45(16-14-44)69-22-24-70-25-23-69)29-41-27-39(9-18-51(41)59)54-46(4-2-20-62-54)37-10-19-52-48(30-37)56(65-33-63-52)67-43-11-6-36(32-60)7-12-43/h2-21,26-28,30-31,33-34H,22-25,29H2,1H3,(H,63,65,67)(H,64,66,68). The van der Waals surface area contributed by atoms with E-state index in [-0.39, 0.29) is 18.1 Å². The molecule has 6 aromatic carbocycles. The molecule has 0 aliphatic carbocycles. The first-order valence-electron chi connectivity index (χ1n) is 22.8.